The van der Waals surface area contributed by atoms with Crippen molar-refractivity contribution in [3.8, 4) is 5.75 Å². The van der Waals surface area contributed by atoms with Crippen molar-refractivity contribution in [3.63, 3.8) is 0 Å². The quantitative estimate of drug-likeness (QED) is 0.460. The summed E-state index contributed by atoms with van der Waals surface area (Å²) in [6.45, 7) is 0. The first-order valence-corrected chi connectivity index (χ1v) is 8.13. The maximum absolute atomic E-state index is 6.12. The monoisotopic (exact) mass is 461 g/mol. The number of benzene rings is 2. The Morgan fingerprint density at radius 3 is 2.33 bits per heavy atom. The smallest absolute Gasteiger partial charge is 0.567 e. The van der Waals surface area contributed by atoms with Gasteiger partial charge in [-0.25, -0.2) is 0 Å². The van der Waals surface area contributed by atoms with Crippen LogP contribution in [-0.2, 0) is 0 Å². The van der Waals surface area contributed by atoms with E-state index in [4.69, 9.17) is 4.65 Å². The molecule has 2 aromatic carbocycles. The Morgan fingerprint density at radius 1 is 0.889 bits per heavy atom. The van der Waals surface area contributed by atoms with Gasteiger partial charge in [-0.1, -0.05) is 30.3 Å². The zero-order valence-corrected chi connectivity index (χ0v) is 13.8. The minimum Gasteiger partial charge on any atom is -0.642 e. The molecule has 0 fully saturated rings. The summed E-state index contributed by atoms with van der Waals surface area (Å²) < 4.78 is 7.18. The fraction of sp³-hybridized carbons (Fsp3) is 0. The van der Waals surface area contributed by atoms with E-state index in [2.05, 4.69) is 73.6 Å². The maximum atomic E-state index is 6.12. The molecular weight excluding hydrogens is 451 g/mol. The van der Waals surface area contributed by atoms with Crippen LogP contribution in [0.3, 0.4) is 0 Å². The van der Waals surface area contributed by atoms with Crippen LogP contribution in [-0.4, -0.2) is 12.9 Å². The molecule has 0 atom stereocenters. The molecule has 0 saturated heterocycles. The first-order chi connectivity index (χ1) is 8.67. The lowest BCUT2D eigenvalue weighted by Gasteiger charge is -2.33. The van der Waals surface area contributed by atoms with Gasteiger partial charge in [-0.2, -0.15) is 44.7 Å². The molecule has 0 aromatic heterocycles. The minimum atomic E-state index is -1.14. The molecule has 2 aromatic rings. The lowest BCUT2D eigenvalue weighted by molar-refractivity contribution is -0.291. The third-order valence-electron chi connectivity index (χ3n) is 2.84. The molecule has 3 rings (SSSR count). The SMILES string of the molecule is I[B-]1(I)Oc2ccccc2C=[N+]1c1ccccc1. The summed E-state index contributed by atoms with van der Waals surface area (Å²) in [5.74, 6) is 0.952. The normalized spacial score (nSPS) is 16.4. The van der Waals surface area contributed by atoms with Gasteiger partial charge in [0.25, 0.3) is 0 Å². The summed E-state index contributed by atoms with van der Waals surface area (Å²) >= 11 is 4.75. The predicted molar refractivity (Wildman–Crippen MR) is 92.4 cm³/mol. The summed E-state index contributed by atoms with van der Waals surface area (Å²) in [6, 6.07) is 18.4. The van der Waals surface area contributed by atoms with E-state index >= 15 is 0 Å². The number of hydrogen-bond acceptors (Lipinski definition) is 1. The van der Waals surface area contributed by atoms with Gasteiger partial charge in [-0.3, -0.25) is 0 Å². The summed E-state index contributed by atoms with van der Waals surface area (Å²) in [6.07, 6.45) is 2.16. The highest BCUT2D eigenvalue weighted by atomic mass is 127. The van der Waals surface area contributed by atoms with Crippen molar-refractivity contribution in [1.82, 2.24) is 0 Å². The molecule has 0 spiro atoms. The highest BCUT2D eigenvalue weighted by Crippen LogP contribution is 2.36. The average Bonchev–Trinajstić information content (AvgIpc) is 2.38. The van der Waals surface area contributed by atoms with Crippen LogP contribution in [0.4, 0.5) is 5.69 Å². The van der Waals surface area contributed by atoms with Crippen molar-refractivity contribution in [1.29, 1.82) is 0 Å². The summed E-state index contributed by atoms with van der Waals surface area (Å²) in [7, 11) is 0. The van der Waals surface area contributed by atoms with Gasteiger partial charge in [0.15, 0.2) is 5.69 Å². The molecule has 0 aliphatic carbocycles. The molecule has 18 heavy (non-hydrogen) atoms. The third-order valence-corrected chi connectivity index (χ3v) is 4.55. The van der Waals surface area contributed by atoms with Crippen molar-refractivity contribution < 1.29 is 9.14 Å². The molecule has 1 heterocycles. The number of nitrogens with zero attached hydrogens (tertiary/aromatic N) is 1. The molecule has 0 amide bonds. The van der Waals surface area contributed by atoms with E-state index in [0.29, 0.717) is 0 Å². The second kappa shape index (κ2) is 4.84. The van der Waals surface area contributed by atoms with Gasteiger partial charge in [0.1, 0.15) is 6.21 Å². The van der Waals surface area contributed by atoms with Crippen LogP contribution < -0.4 is 4.65 Å². The Labute approximate surface area is 133 Å². The second-order valence-corrected chi connectivity index (χ2v) is 9.85. The average molecular weight is 461 g/mol. The van der Waals surface area contributed by atoms with Gasteiger partial charge in [0.2, 0.25) is 0 Å². The molecule has 0 unspecified atom stereocenters. The highest BCUT2D eigenvalue weighted by molar-refractivity contribution is 14.3. The standard InChI is InChI=1S/C13H10BI2NO/c15-14(16)17(12-7-2-1-3-8-12)10-11-6-4-5-9-13(11)18-14/h1-10H. The van der Waals surface area contributed by atoms with Crippen molar-refractivity contribution in [2.45, 2.75) is 0 Å². The van der Waals surface area contributed by atoms with Crippen LogP contribution in [0.1, 0.15) is 5.56 Å². The Morgan fingerprint density at radius 2 is 1.56 bits per heavy atom. The van der Waals surface area contributed by atoms with Gasteiger partial charge in [0, 0.05) is 12.1 Å². The fourth-order valence-corrected chi connectivity index (χ4v) is 3.50. The van der Waals surface area contributed by atoms with Crippen molar-refractivity contribution in [3.05, 3.63) is 60.2 Å². The Balaban J connectivity index is 2.16. The van der Waals surface area contributed by atoms with Gasteiger partial charge >= 0.3 is 2.20 Å². The number of rotatable bonds is 1. The molecular formula is C13H10BI2NO. The summed E-state index contributed by atoms with van der Waals surface area (Å²) in [5, 5.41) is 0. The Hall–Kier alpha value is -0.565. The van der Waals surface area contributed by atoms with Crippen LogP contribution in [0.2, 0.25) is 0 Å². The number of fused-ring (bicyclic) bond motifs is 1. The van der Waals surface area contributed by atoms with Gasteiger partial charge in [0.05, 0.1) is 11.3 Å². The molecule has 5 heteroatoms. The number of hydrogen-bond donors (Lipinski definition) is 0. The Kier molecular flexibility index (Phi) is 3.35. The van der Waals surface area contributed by atoms with E-state index in [1.807, 2.05) is 36.4 Å². The number of halogens is 2. The molecule has 1 aliphatic rings. The molecule has 0 radical (unpaired) electrons. The summed E-state index contributed by atoms with van der Waals surface area (Å²) in [5.41, 5.74) is 2.27. The van der Waals surface area contributed by atoms with E-state index in [0.717, 1.165) is 17.0 Å². The van der Waals surface area contributed by atoms with E-state index in [-0.39, 0.29) is 0 Å². The molecule has 0 saturated carbocycles. The second-order valence-electron chi connectivity index (χ2n) is 4.09. The molecule has 0 N–H and O–H groups in total. The Bertz CT molecular complexity index is 613. The highest BCUT2D eigenvalue weighted by Gasteiger charge is 2.39. The van der Waals surface area contributed by atoms with Crippen LogP contribution >= 0.6 is 44.7 Å². The fourth-order valence-electron chi connectivity index (χ4n) is 1.99. The van der Waals surface area contributed by atoms with E-state index in [9.17, 15) is 0 Å². The van der Waals surface area contributed by atoms with E-state index in [1.54, 1.807) is 0 Å². The molecule has 0 bridgehead atoms. The molecule has 90 valence electrons. The first-order valence-electron chi connectivity index (χ1n) is 5.64. The first kappa shape index (κ1) is 12.5. The van der Waals surface area contributed by atoms with Crippen LogP contribution in [0.5, 0.6) is 5.75 Å². The zero-order chi connectivity index (χ0) is 12.6. The predicted octanol–water partition coefficient (Wildman–Crippen LogP) is 4.15. The van der Waals surface area contributed by atoms with Crippen LogP contribution in [0, 0.1) is 0 Å². The van der Waals surface area contributed by atoms with E-state index < -0.39 is 2.20 Å². The summed E-state index contributed by atoms with van der Waals surface area (Å²) in [4.78, 5) is 0. The van der Waals surface area contributed by atoms with Crippen molar-refractivity contribution >= 4 is 58.8 Å². The van der Waals surface area contributed by atoms with Crippen molar-refractivity contribution in [2.75, 3.05) is 0 Å². The maximum Gasteiger partial charge on any atom is 0.567 e. The largest absolute Gasteiger partial charge is 0.642 e. The van der Waals surface area contributed by atoms with Crippen LogP contribution in [0.25, 0.3) is 0 Å². The molecule has 1 aliphatic heterocycles. The lowest BCUT2D eigenvalue weighted by atomic mass is 10.1. The van der Waals surface area contributed by atoms with Gasteiger partial charge in [-0.05, 0) is 12.1 Å². The molecule has 2 nitrogen and oxygen atoms in total. The topological polar surface area (TPSA) is 12.2 Å². The van der Waals surface area contributed by atoms with E-state index in [1.165, 1.54) is 0 Å². The third kappa shape index (κ3) is 2.29. The number of para-hydroxylation sites is 2. The van der Waals surface area contributed by atoms with Gasteiger partial charge in [-0.15, -0.1) is 0 Å². The lowest BCUT2D eigenvalue weighted by Crippen LogP contribution is -2.43. The van der Waals surface area contributed by atoms with Gasteiger partial charge < -0.3 is 9.14 Å². The van der Waals surface area contributed by atoms with Crippen LogP contribution in [0.15, 0.2) is 54.6 Å². The minimum absolute atomic E-state index is 0.952. The zero-order valence-electron chi connectivity index (χ0n) is 9.46. The van der Waals surface area contributed by atoms with Crippen molar-refractivity contribution in [2.24, 2.45) is 0 Å².